The van der Waals surface area contributed by atoms with Crippen molar-refractivity contribution in [2.24, 2.45) is 4.52 Å². The van der Waals surface area contributed by atoms with Crippen LogP contribution in [-0.2, 0) is 14.8 Å². The molecule has 9 nitrogen and oxygen atoms in total. The number of anilines is 1. The van der Waals surface area contributed by atoms with Gasteiger partial charge in [-0.25, -0.2) is 13.2 Å². The summed E-state index contributed by atoms with van der Waals surface area (Å²) in [7, 11) is -4.05. The molecule has 1 aromatic rings. The maximum Gasteiger partial charge on any atom is 0.411 e. The molecule has 1 amide bonds. The number of azide groups is 1. The monoisotopic (exact) mass is 328 g/mol. The minimum atomic E-state index is -4.05. The molecule has 0 aliphatic heterocycles. The van der Waals surface area contributed by atoms with Crippen molar-refractivity contribution < 1.29 is 23.1 Å². The number of aliphatic hydroxyl groups is 1. The van der Waals surface area contributed by atoms with Gasteiger partial charge in [0, 0.05) is 21.5 Å². The van der Waals surface area contributed by atoms with Gasteiger partial charge in [0.1, 0.15) is 0 Å². The molecule has 0 radical (unpaired) electrons. The van der Waals surface area contributed by atoms with E-state index in [-0.39, 0.29) is 11.5 Å². The van der Waals surface area contributed by atoms with E-state index in [1.165, 1.54) is 24.3 Å². The summed E-state index contributed by atoms with van der Waals surface area (Å²) in [6.07, 6.45) is -0.314. The number of nitrogens with one attached hydrogen (secondary N) is 1. The predicted octanol–water partition coefficient (Wildman–Crippen LogP) is 2.40. The summed E-state index contributed by atoms with van der Waals surface area (Å²) >= 11 is 0. The van der Waals surface area contributed by atoms with Gasteiger partial charge in [0.2, 0.25) is 0 Å². The van der Waals surface area contributed by atoms with E-state index in [1.807, 2.05) is 6.92 Å². The zero-order valence-electron chi connectivity index (χ0n) is 11.8. The lowest BCUT2D eigenvalue weighted by Crippen LogP contribution is -2.17. The molecule has 0 aliphatic rings. The highest BCUT2D eigenvalue weighted by Gasteiger charge is 2.12. The van der Waals surface area contributed by atoms with Crippen LogP contribution in [0.25, 0.3) is 10.4 Å². The zero-order chi connectivity index (χ0) is 16.6. The maximum absolute atomic E-state index is 11.5. The second kappa shape index (κ2) is 8.23. The number of nitrogens with zero attached hydrogens (tertiary/aromatic N) is 3. The molecule has 1 atom stereocenters. The average molecular weight is 328 g/mol. The van der Waals surface area contributed by atoms with Crippen LogP contribution in [0, 0.1) is 0 Å². The number of hydrogen-bond acceptors (Lipinski definition) is 5. The van der Waals surface area contributed by atoms with Gasteiger partial charge in [-0.15, -0.1) is 0 Å². The lowest BCUT2D eigenvalue weighted by atomic mass is 10.2. The Morgan fingerprint density at radius 2 is 2.09 bits per heavy atom. The van der Waals surface area contributed by atoms with Crippen molar-refractivity contribution in [3.63, 3.8) is 0 Å². The molecule has 0 bridgehead atoms. The Morgan fingerprint density at radius 3 is 2.64 bits per heavy atom. The van der Waals surface area contributed by atoms with Gasteiger partial charge >= 0.3 is 6.09 Å². The van der Waals surface area contributed by atoms with E-state index in [4.69, 9.17) is 10.3 Å². The van der Waals surface area contributed by atoms with Gasteiger partial charge in [-0.3, -0.25) is 5.32 Å². The Bertz CT molecular complexity index is 653. The Labute approximate surface area is 127 Å². The standard InChI is InChI=1S/C12H16N4O5S/c1-2-10(17)7-8-21-12(18)14-9-3-5-11(6-4-9)22(19,20)16-15-13/h3-6,10,17H,2,7-8H2,1H3,(H,14,18). The average Bonchev–Trinajstić information content (AvgIpc) is 2.47. The van der Waals surface area contributed by atoms with Crippen LogP contribution in [-0.4, -0.2) is 32.3 Å². The van der Waals surface area contributed by atoms with Crippen molar-refractivity contribution in [1.82, 2.24) is 0 Å². The van der Waals surface area contributed by atoms with E-state index in [9.17, 15) is 18.3 Å². The van der Waals surface area contributed by atoms with Crippen LogP contribution in [0.3, 0.4) is 0 Å². The first-order valence-corrected chi connectivity index (χ1v) is 7.86. The van der Waals surface area contributed by atoms with Crippen LogP contribution < -0.4 is 5.32 Å². The molecular weight excluding hydrogens is 312 g/mol. The third-order valence-electron chi connectivity index (χ3n) is 2.70. The van der Waals surface area contributed by atoms with Gasteiger partial charge in [-0.2, -0.15) is 0 Å². The van der Waals surface area contributed by atoms with Crippen molar-refractivity contribution in [1.29, 1.82) is 0 Å². The summed E-state index contributed by atoms with van der Waals surface area (Å²) in [5.41, 5.74) is 8.48. The molecule has 0 heterocycles. The summed E-state index contributed by atoms with van der Waals surface area (Å²) in [6.45, 7) is 1.89. The number of carbonyl (C=O) groups excluding carboxylic acids is 1. The molecule has 0 saturated heterocycles. The Hall–Kier alpha value is -2.29. The van der Waals surface area contributed by atoms with Gasteiger partial charge < -0.3 is 9.84 Å². The first-order valence-electron chi connectivity index (χ1n) is 6.42. The van der Waals surface area contributed by atoms with E-state index in [1.54, 1.807) is 0 Å². The number of rotatable bonds is 7. The van der Waals surface area contributed by atoms with Crippen LogP contribution in [0.2, 0.25) is 0 Å². The third-order valence-corrected chi connectivity index (χ3v) is 3.85. The summed E-state index contributed by atoms with van der Waals surface area (Å²) in [5, 5.41) is 11.7. The molecule has 120 valence electrons. The number of aliphatic hydroxyl groups excluding tert-OH is 1. The molecule has 1 aromatic carbocycles. The number of ether oxygens (including phenoxy) is 1. The Kier molecular flexibility index (Phi) is 6.64. The van der Waals surface area contributed by atoms with Crippen molar-refractivity contribution in [2.45, 2.75) is 30.8 Å². The van der Waals surface area contributed by atoms with Gasteiger partial charge in [0.25, 0.3) is 10.0 Å². The topological polar surface area (TPSA) is 141 Å². The highest BCUT2D eigenvalue weighted by Crippen LogP contribution is 2.16. The fourth-order valence-corrected chi connectivity index (χ4v) is 2.12. The van der Waals surface area contributed by atoms with E-state index in [2.05, 4.69) is 14.7 Å². The SMILES string of the molecule is CCC(O)CCOC(=O)Nc1ccc(S(=O)(=O)N=[N+]=[N-])cc1. The molecule has 0 aliphatic carbocycles. The van der Waals surface area contributed by atoms with Crippen molar-refractivity contribution in [2.75, 3.05) is 11.9 Å². The molecule has 0 spiro atoms. The van der Waals surface area contributed by atoms with Gasteiger partial charge in [0.05, 0.1) is 17.6 Å². The first kappa shape index (κ1) is 17.8. The third kappa shape index (κ3) is 5.60. The Balaban J connectivity index is 2.58. The van der Waals surface area contributed by atoms with Crippen LogP contribution in [0.15, 0.2) is 33.7 Å². The van der Waals surface area contributed by atoms with Gasteiger partial charge in [-0.05, 0) is 36.2 Å². The zero-order valence-corrected chi connectivity index (χ0v) is 12.7. The van der Waals surface area contributed by atoms with E-state index >= 15 is 0 Å². The van der Waals surface area contributed by atoms with Crippen molar-refractivity contribution in [3.05, 3.63) is 34.7 Å². The van der Waals surface area contributed by atoms with Crippen molar-refractivity contribution in [3.8, 4) is 0 Å². The highest BCUT2D eigenvalue weighted by molar-refractivity contribution is 7.90. The number of carbonyl (C=O) groups is 1. The molecule has 10 heteroatoms. The smallest absolute Gasteiger partial charge is 0.411 e. The first-order chi connectivity index (χ1) is 10.4. The molecule has 1 rings (SSSR count). The fourth-order valence-electron chi connectivity index (χ4n) is 1.45. The summed E-state index contributed by atoms with van der Waals surface area (Å²) in [6, 6.07) is 5.06. The van der Waals surface area contributed by atoms with Crippen LogP contribution in [0.4, 0.5) is 10.5 Å². The number of hydrogen-bond donors (Lipinski definition) is 2. The highest BCUT2D eigenvalue weighted by atomic mass is 32.2. The van der Waals surface area contributed by atoms with Crippen molar-refractivity contribution >= 4 is 21.8 Å². The molecule has 0 aromatic heterocycles. The molecule has 0 saturated carbocycles. The second-order valence-electron chi connectivity index (χ2n) is 4.28. The molecule has 22 heavy (non-hydrogen) atoms. The lowest BCUT2D eigenvalue weighted by molar-refractivity contribution is 0.111. The maximum atomic E-state index is 11.5. The fraction of sp³-hybridized carbons (Fsp3) is 0.417. The molecule has 1 unspecified atom stereocenters. The lowest BCUT2D eigenvalue weighted by Gasteiger charge is -2.09. The molecule has 0 fully saturated rings. The minimum Gasteiger partial charge on any atom is -0.449 e. The van der Waals surface area contributed by atoms with Crippen LogP contribution in [0.5, 0.6) is 0 Å². The van der Waals surface area contributed by atoms with Gasteiger partial charge in [-0.1, -0.05) is 6.92 Å². The number of benzene rings is 1. The van der Waals surface area contributed by atoms with Crippen LogP contribution >= 0.6 is 0 Å². The molecule has 2 N–H and O–H groups in total. The van der Waals surface area contributed by atoms with E-state index < -0.39 is 22.2 Å². The summed E-state index contributed by atoms with van der Waals surface area (Å²) in [5.74, 6) is 0. The quantitative estimate of drug-likeness (QED) is 0.449. The second-order valence-corrected chi connectivity index (χ2v) is 5.87. The van der Waals surface area contributed by atoms with E-state index in [0.29, 0.717) is 18.5 Å². The summed E-state index contributed by atoms with van der Waals surface area (Å²) < 4.78 is 30.4. The summed E-state index contributed by atoms with van der Waals surface area (Å²) in [4.78, 5) is 13.5. The number of amides is 1. The normalized spacial score (nSPS) is 12.1. The number of sulfonamides is 1. The Morgan fingerprint density at radius 1 is 1.45 bits per heavy atom. The largest absolute Gasteiger partial charge is 0.449 e. The predicted molar refractivity (Wildman–Crippen MR) is 78.7 cm³/mol. The van der Waals surface area contributed by atoms with Crippen LogP contribution in [0.1, 0.15) is 19.8 Å². The molecular formula is C12H16N4O5S. The van der Waals surface area contributed by atoms with Gasteiger partial charge in [0.15, 0.2) is 0 Å². The minimum absolute atomic E-state index is 0.0736. The van der Waals surface area contributed by atoms with E-state index in [0.717, 1.165) is 0 Å².